The summed E-state index contributed by atoms with van der Waals surface area (Å²) in [5, 5.41) is 0. The molecule has 0 N–H and O–H groups in total. The van der Waals surface area contributed by atoms with E-state index in [0.29, 0.717) is 17.8 Å². The maximum Gasteiger partial charge on any atom is -0.0144 e. The molecule has 1 rings (SSSR count). The van der Waals surface area contributed by atoms with E-state index in [4.69, 9.17) is 0 Å². The minimum atomic E-state index is 0.596. The second-order valence-electron chi connectivity index (χ2n) is 7.02. The average Bonchev–Trinajstić information content (AvgIpc) is 2.29. The van der Waals surface area contributed by atoms with Gasteiger partial charge in [-0.25, -0.2) is 0 Å². The molecule has 0 heterocycles. The Morgan fingerprint density at radius 1 is 0.833 bits per heavy atom. The van der Waals surface area contributed by atoms with Crippen molar-refractivity contribution in [3.05, 3.63) is 24.3 Å². The summed E-state index contributed by atoms with van der Waals surface area (Å²) in [5.41, 5.74) is 2.69. The van der Waals surface area contributed by atoms with Gasteiger partial charge in [0.1, 0.15) is 0 Å². The van der Waals surface area contributed by atoms with Crippen LogP contribution in [0.5, 0.6) is 0 Å². The van der Waals surface area contributed by atoms with Crippen LogP contribution in [0, 0.1) is 41.4 Å². The molecule has 0 radical (unpaired) electrons. The Hall–Kier alpha value is -0.520. The van der Waals surface area contributed by atoms with Crippen molar-refractivity contribution in [1.29, 1.82) is 0 Å². The van der Waals surface area contributed by atoms with Gasteiger partial charge in [-0.05, 0) is 55.3 Å². The topological polar surface area (TPSA) is 0 Å². The molecule has 0 nitrogen and oxygen atoms in total. The van der Waals surface area contributed by atoms with E-state index in [2.05, 4.69) is 61.6 Å². The molecular weight excluding hydrogens is 216 g/mol. The van der Waals surface area contributed by atoms with Crippen LogP contribution in [0.15, 0.2) is 24.3 Å². The summed E-state index contributed by atoms with van der Waals surface area (Å²) in [6.45, 7) is 24.9. The second kappa shape index (κ2) is 5.63. The van der Waals surface area contributed by atoms with Crippen LogP contribution in [0.3, 0.4) is 0 Å². The van der Waals surface area contributed by atoms with Gasteiger partial charge >= 0.3 is 0 Å². The third-order valence-electron chi connectivity index (χ3n) is 6.00. The molecule has 104 valence electrons. The first-order chi connectivity index (χ1) is 8.20. The van der Waals surface area contributed by atoms with Gasteiger partial charge in [-0.3, -0.25) is 0 Å². The lowest BCUT2D eigenvalue weighted by molar-refractivity contribution is 0.00901. The molecule has 1 fully saturated rings. The van der Waals surface area contributed by atoms with Gasteiger partial charge in [-0.15, -0.1) is 0 Å². The second-order valence-corrected chi connectivity index (χ2v) is 7.02. The average molecular weight is 248 g/mol. The molecule has 0 spiro atoms. The van der Waals surface area contributed by atoms with E-state index in [9.17, 15) is 0 Å². The van der Waals surface area contributed by atoms with Crippen LogP contribution in [0.1, 0.15) is 48.5 Å². The van der Waals surface area contributed by atoms with Crippen LogP contribution in [-0.2, 0) is 0 Å². The van der Waals surface area contributed by atoms with Gasteiger partial charge in [0, 0.05) is 0 Å². The highest BCUT2D eigenvalue weighted by atomic mass is 14.5. The molecule has 7 unspecified atom stereocenters. The maximum absolute atomic E-state index is 4.29. The van der Waals surface area contributed by atoms with Crippen molar-refractivity contribution >= 4 is 0 Å². The molecule has 1 saturated carbocycles. The minimum absolute atomic E-state index is 0.596. The Morgan fingerprint density at radius 2 is 1.28 bits per heavy atom. The molecular formula is C18H32. The SMILES string of the molecule is C=C(C)C(C)C1C(C)C(C)C(C)C(C)C1C(=C)C. The first kappa shape index (κ1) is 15.5. The van der Waals surface area contributed by atoms with E-state index in [1.165, 1.54) is 11.1 Å². The van der Waals surface area contributed by atoms with Gasteiger partial charge in [-0.1, -0.05) is 58.9 Å². The number of hydrogen-bond donors (Lipinski definition) is 0. The fourth-order valence-corrected chi connectivity index (χ4v) is 4.18. The lowest BCUT2D eigenvalue weighted by atomic mass is 9.54. The van der Waals surface area contributed by atoms with E-state index < -0.39 is 0 Å². The van der Waals surface area contributed by atoms with Crippen LogP contribution < -0.4 is 0 Å². The van der Waals surface area contributed by atoms with Crippen molar-refractivity contribution in [3.8, 4) is 0 Å². The standard InChI is InChI=1S/C18H32/c1-10(2)12(5)18-16(9)14(7)13(6)15(8)17(18)11(3)4/h12-18H,1,3H2,2,4-9H3. The first-order valence-corrected chi connectivity index (χ1v) is 7.50. The molecule has 0 aromatic heterocycles. The van der Waals surface area contributed by atoms with Crippen molar-refractivity contribution in [2.45, 2.75) is 48.5 Å². The van der Waals surface area contributed by atoms with Crippen LogP contribution in [0.2, 0.25) is 0 Å². The normalized spacial score (nSPS) is 42.4. The lowest BCUT2D eigenvalue weighted by Crippen LogP contribution is -2.45. The van der Waals surface area contributed by atoms with Gasteiger partial charge in [0.25, 0.3) is 0 Å². The van der Waals surface area contributed by atoms with Crippen molar-refractivity contribution in [3.63, 3.8) is 0 Å². The van der Waals surface area contributed by atoms with Crippen LogP contribution in [0.25, 0.3) is 0 Å². The van der Waals surface area contributed by atoms with Crippen molar-refractivity contribution < 1.29 is 0 Å². The highest BCUT2D eigenvalue weighted by Gasteiger charge is 2.45. The summed E-state index contributed by atoms with van der Waals surface area (Å²) in [6, 6.07) is 0. The summed E-state index contributed by atoms with van der Waals surface area (Å²) in [4.78, 5) is 0. The fourth-order valence-electron chi connectivity index (χ4n) is 4.18. The molecule has 0 bridgehead atoms. The van der Waals surface area contributed by atoms with Gasteiger partial charge < -0.3 is 0 Å². The molecule has 18 heavy (non-hydrogen) atoms. The predicted octanol–water partition coefficient (Wildman–Crippen LogP) is 5.57. The lowest BCUT2D eigenvalue weighted by Gasteiger charge is -2.51. The molecule has 0 heteroatoms. The van der Waals surface area contributed by atoms with Crippen LogP contribution in [-0.4, -0.2) is 0 Å². The van der Waals surface area contributed by atoms with Crippen molar-refractivity contribution in [1.82, 2.24) is 0 Å². The minimum Gasteiger partial charge on any atom is -0.0999 e. The summed E-state index contributed by atoms with van der Waals surface area (Å²) in [6.07, 6.45) is 0. The van der Waals surface area contributed by atoms with Crippen LogP contribution in [0.4, 0.5) is 0 Å². The highest BCUT2D eigenvalue weighted by molar-refractivity contribution is 5.11. The van der Waals surface area contributed by atoms with Gasteiger partial charge in [-0.2, -0.15) is 0 Å². The number of rotatable bonds is 3. The molecule has 7 atom stereocenters. The number of hydrogen-bond acceptors (Lipinski definition) is 0. The van der Waals surface area contributed by atoms with E-state index >= 15 is 0 Å². The van der Waals surface area contributed by atoms with Gasteiger partial charge in [0.15, 0.2) is 0 Å². The molecule has 1 aliphatic rings. The summed E-state index contributed by atoms with van der Waals surface area (Å²) >= 11 is 0. The van der Waals surface area contributed by atoms with E-state index in [1.807, 2.05) is 0 Å². The molecule has 0 amide bonds. The Balaban J connectivity index is 3.15. The molecule has 0 saturated heterocycles. The molecule has 1 aliphatic carbocycles. The third-order valence-corrected chi connectivity index (χ3v) is 6.00. The fraction of sp³-hybridized carbons (Fsp3) is 0.778. The Labute approximate surface area is 115 Å². The van der Waals surface area contributed by atoms with E-state index in [1.54, 1.807) is 0 Å². The maximum atomic E-state index is 4.29. The Morgan fingerprint density at radius 3 is 1.67 bits per heavy atom. The van der Waals surface area contributed by atoms with Crippen molar-refractivity contribution in [2.24, 2.45) is 41.4 Å². The number of allylic oxidation sites excluding steroid dienone is 2. The van der Waals surface area contributed by atoms with E-state index in [-0.39, 0.29) is 0 Å². The van der Waals surface area contributed by atoms with Gasteiger partial charge in [0.2, 0.25) is 0 Å². The van der Waals surface area contributed by atoms with Crippen molar-refractivity contribution in [2.75, 3.05) is 0 Å². The largest absolute Gasteiger partial charge is 0.0999 e. The zero-order chi connectivity index (χ0) is 14.2. The highest BCUT2D eigenvalue weighted by Crippen LogP contribution is 2.51. The van der Waals surface area contributed by atoms with Crippen LogP contribution >= 0.6 is 0 Å². The quantitative estimate of drug-likeness (QED) is 0.573. The molecule has 0 aliphatic heterocycles. The summed E-state index contributed by atoms with van der Waals surface area (Å²) in [5.74, 6) is 5.03. The Kier molecular flexibility index (Phi) is 4.86. The zero-order valence-corrected chi connectivity index (χ0v) is 13.5. The Bertz CT molecular complexity index is 325. The van der Waals surface area contributed by atoms with Gasteiger partial charge in [0.05, 0.1) is 0 Å². The molecule has 0 aromatic rings. The zero-order valence-electron chi connectivity index (χ0n) is 13.5. The summed E-state index contributed by atoms with van der Waals surface area (Å²) < 4.78 is 0. The monoisotopic (exact) mass is 248 g/mol. The molecule has 0 aromatic carbocycles. The first-order valence-electron chi connectivity index (χ1n) is 7.50. The third kappa shape index (κ3) is 2.58. The summed E-state index contributed by atoms with van der Waals surface area (Å²) in [7, 11) is 0. The predicted molar refractivity (Wildman–Crippen MR) is 82.4 cm³/mol. The smallest absolute Gasteiger partial charge is 0.0144 e. The van der Waals surface area contributed by atoms with E-state index in [0.717, 1.165) is 23.7 Å².